The number of carbonyl (C=O) groups is 2. The van der Waals surface area contributed by atoms with Crippen molar-refractivity contribution < 1.29 is 14.7 Å². The molecule has 0 fully saturated rings. The van der Waals surface area contributed by atoms with Crippen molar-refractivity contribution in [3.05, 3.63) is 43.7 Å². The lowest BCUT2D eigenvalue weighted by molar-refractivity contribution is 0.0701. The average molecular weight is 415 g/mol. The van der Waals surface area contributed by atoms with Gasteiger partial charge in [-0.2, -0.15) is 0 Å². The molecule has 2 aromatic rings. The fraction of sp³-hybridized carbons (Fsp3) is 0.368. The third-order valence-electron chi connectivity index (χ3n) is 5.18. The van der Waals surface area contributed by atoms with E-state index in [9.17, 15) is 19.5 Å². The van der Waals surface area contributed by atoms with Gasteiger partial charge in [0.2, 0.25) is 0 Å². The van der Waals surface area contributed by atoms with Gasteiger partial charge in [0.1, 0.15) is 39.4 Å². The molecule has 0 spiro atoms. The predicted molar refractivity (Wildman–Crippen MR) is 112 cm³/mol. The number of amidine groups is 1. The van der Waals surface area contributed by atoms with E-state index in [2.05, 4.69) is 15.6 Å². The Morgan fingerprint density at radius 2 is 2.03 bits per heavy atom. The lowest BCUT2D eigenvalue weighted by Gasteiger charge is -2.25. The number of carbonyl (C=O) groups excluding carboxylic acids is 1. The number of fused-ring (bicyclic) bond motifs is 2. The fourth-order valence-electron chi connectivity index (χ4n) is 3.84. The highest BCUT2D eigenvalue weighted by Crippen LogP contribution is 2.38. The van der Waals surface area contributed by atoms with Gasteiger partial charge in [0, 0.05) is 7.05 Å². The number of hydrogen-bond donors (Lipinski definition) is 3. The molecule has 0 atom stereocenters. The normalized spacial score (nSPS) is 16.8. The Morgan fingerprint density at radius 3 is 2.69 bits per heavy atom. The third kappa shape index (κ3) is 2.74. The lowest BCUT2D eigenvalue weighted by Crippen LogP contribution is -2.42. The van der Waals surface area contributed by atoms with Crippen LogP contribution in [0.5, 0.6) is 0 Å². The monoisotopic (exact) mass is 415 g/mol. The number of pyridine rings is 1. The second-order valence-electron chi connectivity index (χ2n) is 7.76. The van der Waals surface area contributed by atoms with Crippen LogP contribution in [0, 0.1) is 13.8 Å². The molecule has 3 N–H and O–H groups in total. The minimum Gasteiger partial charge on any atom is -0.477 e. The maximum Gasteiger partial charge on any atom is 0.346 e. The number of thiophene rings is 1. The SMILES string of the molecule is Cc1cc(NC2=NCN(C)c3sc(C(=O)O)c(C)c32)c(=O)n2c1C(=O)NC2(C)C. The van der Waals surface area contributed by atoms with E-state index in [0.717, 1.165) is 5.00 Å². The zero-order valence-corrected chi connectivity index (χ0v) is 17.5. The van der Waals surface area contributed by atoms with Gasteiger partial charge in [0.05, 0.1) is 5.56 Å². The van der Waals surface area contributed by atoms with Crippen LogP contribution in [0.3, 0.4) is 0 Å². The zero-order chi connectivity index (χ0) is 21.2. The van der Waals surface area contributed by atoms with E-state index < -0.39 is 11.6 Å². The second-order valence-corrected chi connectivity index (χ2v) is 8.75. The van der Waals surface area contributed by atoms with Crippen LogP contribution in [0.4, 0.5) is 10.7 Å². The molecule has 9 nitrogen and oxygen atoms in total. The van der Waals surface area contributed by atoms with E-state index in [0.29, 0.717) is 34.9 Å². The van der Waals surface area contributed by atoms with E-state index >= 15 is 0 Å². The van der Waals surface area contributed by atoms with Crippen LogP contribution >= 0.6 is 11.3 Å². The van der Waals surface area contributed by atoms with Crippen molar-refractivity contribution in [1.82, 2.24) is 9.88 Å². The number of aliphatic imine (C=N–C) groups is 1. The first kappa shape index (κ1) is 19.2. The summed E-state index contributed by atoms with van der Waals surface area (Å²) in [6.45, 7) is 7.38. The van der Waals surface area contributed by atoms with Gasteiger partial charge in [0.25, 0.3) is 11.5 Å². The molecule has 2 aliphatic heterocycles. The van der Waals surface area contributed by atoms with Gasteiger partial charge < -0.3 is 20.6 Å². The number of anilines is 2. The van der Waals surface area contributed by atoms with Gasteiger partial charge in [0.15, 0.2) is 0 Å². The minimum atomic E-state index is -0.991. The van der Waals surface area contributed by atoms with E-state index in [1.54, 1.807) is 33.8 Å². The van der Waals surface area contributed by atoms with Crippen molar-refractivity contribution in [3.8, 4) is 0 Å². The maximum atomic E-state index is 13.2. The van der Waals surface area contributed by atoms with Crippen molar-refractivity contribution in [2.45, 2.75) is 33.4 Å². The van der Waals surface area contributed by atoms with Gasteiger partial charge in [-0.3, -0.25) is 14.2 Å². The Balaban J connectivity index is 1.84. The van der Waals surface area contributed by atoms with Crippen molar-refractivity contribution >= 4 is 39.7 Å². The van der Waals surface area contributed by atoms with Crippen LogP contribution in [-0.2, 0) is 5.66 Å². The predicted octanol–water partition coefficient (Wildman–Crippen LogP) is 1.93. The molecule has 152 valence electrons. The molecule has 10 heteroatoms. The fourth-order valence-corrected chi connectivity index (χ4v) is 4.94. The van der Waals surface area contributed by atoms with Crippen molar-refractivity contribution in [3.63, 3.8) is 0 Å². The highest BCUT2D eigenvalue weighted by molar-refractivity contribution is 7.18. The summed E-state index contributed by atoms with van der Waals surface area (Å²) in [6.07, 6.45) is 0. The van der Waals surface area contributed by atoms with Crippen LogP contribution in [-0.4, -0.2) is 41.1 Å². The van der Waals surface area contributed by atoms with Crippen LogP contribution in [0.25, 0.3) is 0 Å². The largest absolute Gasteiger partial charge is 0.477 e. The lowest BCUT2D eigenvalue weighted by atomic mass is 10.1. The Bertz CT molecular complexity index is 1170. The highest BCUT2D eigenvalue weighted by Gasteiger charge is 2.38. The molecular weight excluding hydrogens is 394 g/mol. The summed E-state index contributed by atoms with van der Waals surface area (Å²) in [5.41, 5.74) is 1.38. The van der Waals surface area contributed by atoms with E-state index in [4.69, 9.17) is 0 Å². The molecule has 0 aliphatic carbocycles. The Morgan fingerprint density at radius 1 is 1.34 bits per heavy atom. The van der Waals surface area contributed by atoms with Crippen molar-refractivity contribution in [2.24, 2.45) is 4.99 Å². The van der Waals surface area contributed by atoms with Crippen molar-refractivity contribution in [1.29, 1.82) is 0 Å². The van der Waals surface area contributed by atoms with Crippen LogP contribution in [0.2, 0.25) is 0 Å². The first-order valence-electron chi connectivity index (χ1n) is 9.02. The first-order chi connectivity index (χ1) is 13.5. The first-order valence-corrected chi connectivity index (χ1v) is 9.84. The van der Waals surface area contributed by atoms with Gasteiger partial charge in [-0.15, -0.1) is 11.3 Å². The summed E-state index contributed by atoms with van der Waals surface area (Å²) in [6, 6.07) is 1.63. The zero-order valence-electron chi connectivity index (χ0n) is 16.7. The van der Waals surface area contributed by atoms with E-state index in [-0.39, 0.29) is 22.0 Å². The highest BCUT2D eigenvalue weighted by atomic mass is 32.1. The molecule has 2 aliphatic rings. The summed E-state index contributed by atoms with van der Waals surface area (Å²) in [4.78, 5) is 43.7. The molecule has 4 rings (SSSR count). The van der Waals surface area contributed by atoms with Gasteiger partial charge in [-0.1, -0.05) is 0 Å². The van der Waals surface area contributed by atoms with Gasteiger partial charge >= 0.3 is 5.97 Å². The average Bonchev–Trinajstić information content (AvgIpc) is 3.09. The molecular formula is C19H21N5O4S. The Labute approximate surface area is 170 Å². The topological polar surface area (TPSA) is 116 Å². The molecule has 0 unspecified atom stereocenters. The number of aromatic nitrogens is 1. The van der Waals surface area contributed by atoms with Gasteiger partial charge in [-0.05, 0) is 44.9 Å². The number of hydrogen-bond acceptors (Lipinski definition) is 7. The maximum absolute atomic E-state index is 13.2. The third-order valence-corrected chi connectivity index (χ3v) is 6.58. The molecule has 0 aromatic carbocycles. The van der Waals surface area contributed by atoms with Crippen molar-refractivity contribution in [2.75, 3.05) is 23.9 Å². The number of carboxylic acid groups (broad SMARTS) is 1. The number of amides is 1. The molecule has 0 saturated carbocycles. The standard InChI is InChI=1S/C19H21N5O4S/c1-8-6-10(16(26)24-12(8)15(25)22-19(24,3)4)21-14-11-9(2)13(18(27)28)29-17(11)23(5)7-20-14/h6H,7H2,1-5H3,(H,20,21)(H,22,25)(H,27,28). The summed E-state index contributed by atoms with van der Waals surface area (Å²) >= 11 is 1.19. The number of nitrogens with one attached hydrogen (secondary N) is 2. The number of rotatable bonds is 2. The van der Waals surface area contributed by atoms with Crippen LogP contribution in [0.1, 0.15) is 50.7 Å². The number of nitrogens with zero attached hydrogens (tertiary/aromatic N) is 3. The number of aryl methyl sites for hydroxylation is 1. The summed E-state index contributed by atoms with van der Waals surface area (Å²) in [7, 11) is 1.84. The van der Waals surface area contributed by atoms with E-state index in [1.165, 1.54) is 15.9 Å². The Hall–Kier alpha value is -3.14. The van der Waals surface area contributed by atoms with E-state index in [1.807, 2.05) is 11.9 Å². The number of carboxylic acids is 1. The summed E-state index contributed by atoms with van der Waals surface area (Å²) in [5.74, 6) is -0.823. The summed E-state index contributed by atoms with van der Waals surface area (Å²) < 4.78 is 1.45. The minimum absolute atomic E-state index is 0.246. The molecule has 0 saturated heterocycles. The molecule has 1 amide bonds. The smallest absolute Gasteiger partial charge is 0.346 e. The molecule has 0 radical (unpaired) electrons. The van der Waals surface area contributed by atoms with Gasteiger partial charge in [-0.25, -0.2) is 9.79 Å². The molecule has 4 heterocycles. The second kappa shape index (κ2) is 6.18. The number of aromatic carboxylic acids is 1. The summed E-state index contributed by atoms with van der Waals surface area (Å²) in [5, 5.41) is 16.2. The van der Waals surface area contributed by atoms with Crippen LogP contribution < -0.4 is 21.1 Å². The van der Waals surface area contributed by atoms with Crippen LogP contribution in [0.15, 0.2) is 15.9 Å². The molecule has 29 heavy (non-hydrogen) atoms. The Kier molecular flexibility index (Phi) is 4.09. The molecule has 2 aromatic heterocycles. The molecule has 0 bridgehead atoms. The quantitative estimate of drug-likeness (QED) is 0.690.